The molecule has 0 atom stereocenters. The van der Waals surface area contributed by atoms with Gasteiger partial charge in [-0.15, -0.1) is 0 Å². The zero-order valence-corrected chi connectivity index (χ0v) is 7.70. The monoisotopic (exact) mass is 206 g/mol. The van der Waals surface area contributed by atoms with E-state index in [1.807, 2.05) is 0 Å². The average molecular weight is 206 g/mol. The van der Waals surface area contributed by atoms with Gasteiger partial charge in [-0.05, 0) is 23.8 Å². The van der Waals surface area contributed by atoms with Crippen molar-refractivity contribution in [2.24, 2.45) is 0 Å². The van der Waals surface area contributed by atoms with Crippen LogP contribution in [0.3, 0.4) is 0 Å². The van der Waals surface area contributed by atoms with E-state index in [2.05, 4.69) is 12.6 Å². The number of hydrogen-bond donors (Lipinski definition) is 1. The van der Waals surface area contributed by atoms with Gasteiger partial charge in [-0.3, -0.25) is 0 Å². The summed E-state index contributed by atoms with van der Waals surface area (Å²) < 4.78 is 37.0. The van der Waals surface area contributed by atoms with Crippen LogP contribution in [0.4, 0.5) is 13.2 Å². The Balaban J connectivity index is 3.05. The van der Waals surface area contributed by atoms with Crippen molar-refractivity contribution in [3.05, 3.63) is 35.4 Å². The minimum atomic E-state index is -4.25. The average Bonchev–Trinajstić information content (AvgIpc) is 2.04. The van der Waals surface area contributed by atoms with Gasteiger partial charge >= 0.3 is 6.18 Å². The Morgan fingerprint density at radius 2 is 1.77 bits per heavy atom. The first kappa shape index (κ1) is 10.4. The summed E-state index contributed by atoms with van der Waals surface area (Å²) in [4.78, 5) is 0. The fraction of sp³-hybridized carbons (Fsp3) is 0.333. The van der Waals surface area contributed by atoms with Crippen molar-refractivity contribution in [2.75, 3.05) is 5.75 Å². The molecule has 0 heterocycles. The highest BCUT2D eigenvalue weighted by atomic mass is 32.1. The van der Waals surface area contributed by atoms with Crippen LogP contribution >= 0.6 is 12.6 Å². The molecule has 72 valence electrons. The number of hydrogen-bond acceptors (Lipinski definition) is 1. The maximum atomic E-state index is 12.3. The highest BCUT2D eigenvalue weighted by Gasteiger charge is 2.32. The van der Waals surface area contributed by atoms with Crippen molar-refractivity contribution in [1.29, 1.82) is 0 Å². The zero-order chi connectivity index (χ0) is 9.90. The quantitative estimate of drug-likeness (QED) is 0.706. The lowest BCUT2D eigenvalue weighted by molar-refractivity contribution is -0.138. The van der Waals surface area contributed by atoms with E-state index in [9.17, 15) is 13.2 Å². The van der Waals surface area contributed by atoms with Crippen LogP contribution < -0.4 is 0 Å². The molecule has 13 heavy (non-hydrogen) atoms. The molecule has 0 aliphatic rings. The van der Waals surface area contributed by atoms with Crippen LogP contribution in [-0.4, -0.2) is 5.75 Å². The van der Waals surface area contributed by atoms with Gasteiger partial charge in [0.05, 0.1) is 5.56 Å². The molecule has 0 bridgehead atoms. The summed E-state index contributed by atoms with van der Waals surface area (Å²) in [6.45, 7) is 0. The molecule has 0 amide bonds. The number of alkyl halides is 3. The topological polar surface area (TPSA) is 0 Å². The van der Waals surface area contributed by atoms with Gasteiger partial charge in [-0.2, -0.15) is 25.8 Å². The van der Waals surface area contributed by atoms with Gasteiger partial charge in [0, 0.05) is 0 Å². The maximum absolute atomic E-state index is 12.3. The number of halogens is 3. The summed E-state index contributed by atoms with van der Waals surface area (Å²) in [5.74, 6) is 0.424. The Morgan fingerprint density at radius 1 is 1.15 bits per heavy atom. The molecule has 0 aliphatic carbocycles. The Bertz CT molecular complexity index is 280. The number of aryl methyl sites for hydroxylation is 1. The van der Waals surface area contributed by atoms with Crippen molar-refractivity contribution in [3.8, 4) is 0 Å². The van der Waals surface area contributed by atoms with E-state index in [1.165, 1.54) is 12.1 Å². The van der Waals surface area contributed by atoms with Crippen molar-refractivity contribution in [2.45, 2.75) is 12.6 Å². The SMILES string of the molecule is FC(F)(F)c1ccccc1CCS. The molecule has 0 saturated carbocycles. The van der Waals surface area contributed by atoms with E-state index < -0.39 is 11.7 Å². The van der Waals surface area contributed by atoms with Crippen LogP contribution in [0.15, 0.2) is 24.3 Å². The molecule has 0 fully saturated rings. The normalized spacial score (nSPS) is 11.7. The molecule has 1 aromatic carbocycles. The molecule has 4 heteroatoms. The van der Waals surface area contributed by atoms with Gasteiger partial charge in [0.2, 0.25) is 0 Å². The van der Waals surface area contributed by atoms with Crippen LogP contribution in [0.5, 0.6) is 0 Å². The second kappa shape index (κ2) is 4.05. The predicted molar refractivity (Wildman–Crippen MR) is 49.0 cm³/mol. The Kier molecular flexibility index (Phi) is 3.25. The zero-order valence-electron chi connectivity index (χ0n) is 6.80. The lowest BCUT2D eigenvalue weighted by atomic mass is 10.1. The third-order valence-electron chi connectivity index (χ3n) is 1.70. The summed E-state index contributed by atoms with van der Waals surface area (Å²) in [6, 6.07) is 5.58. The first-order chi connectivity index (χ1) is 6.05. The van der Waals surface area contributed by atoms with Crippen LogP contribution in [-0.2, 0) is 12.6 Å². The maximum Gasteiger partial charge on any atom is 0.416 e. The van der Waals surface area contributed by atoms with Crippen LogP contribution in [0.1, 0.15) is 11.1 Å². The fourth-order valence-electron chi connectivity index (χ4n) is 1.14. The minimum Gasteiger partial charge on any atom is -0.179 e. The molecule has 0 N–H and O–H groups in total. The van der Waals surface area contributed by atoms with Crippen LogP contribution in [0.25, 0.3) is 0 Å². The second-order valence-electron chi connectivity index (χ2n) is 2.63. The molecular formula is C9H9F3S. The third-order valence-corrected chi connectivity index (χ3v) is 1.93. The first-order valence-electron chi connectivity index (χ1n) is 3.81. The molecule has 1 aromatic rings. The lowest BCUT2D eigenvalue weighted by Gasteiger charge is -2.11. The van der Waals surface area contributed by atoms with Crippen molar-refractivity contribution in [3.63, 3.8) is 0 Å². The predicted octanol–water partition coefficient (Wildman–Crippen LogP) is 3.18. The van der Waals surface area contributed by atoms with Crippen LogP contribution in [0.2, 0.25) is 0 Å². The highest BCUT2D eigenvalue weighted by molar-refractivity contribution is 7.80. The van der Waals surface area contributed by atoms with Crippen molar-refractivity contribution >= 4 is 12.6 Å². The summed E-state index contributed by atoms with van der Waals surface area (Å²) in [6.07, 6.45) is -3.90. The van der Waals surface area contributed by atoms with Gasteiger partial charge in [0.1, 0.15) is 0 Å². The second-order valence-corrected chi connectivity index (χ2v) is 3.08. The molecule has 0 unspecified atom stereocenters. The number of thiol groups is 1. The highest BCUT2D eigenvalue weighted by Crippen LogP contribution is 2.31. The summed E-state index contributed by atoms with van der Waals surface area (Å²) in [5.41, 5.74) is -0.242. The van der Waals surface area contributed by atoms with E-state index >= 15 is 0 Å². The molecule has 0 nitrogen and oxygen atoms in total. The van der Waals surface area contributed by atoms with E-state index in [0.717, 1.165) is 6.07 Å². The Hall–Kier alpha value is -0.640. The molecule has 0 aromatic heterocycles. The number of rotatable bonds is 2. The molecule has 1 rings (SSSR count). The van der Waals surface area contributed by atoms with E-state index in [1.54, 1.807) is 6.07 Å². The fourth-order valence-corrected chi connectivity index (χ4v) is 1.38. The third kappa shape index (κ3) is 2.66. The molecule has 0 saturated heterocycles. The minimum absolute atomic E-state index is 0.310. The smallest absolute Gasteiger partial charge is 0.179 e. The molecule has 0 aliphatic heterocycles. The van der Waals surface area contributed by atoms with Crippen molar-refractivity contribution < 1.29 is 13.2 Å². The van der Waals surface area contributed by atoms with Gasteiger partial charge in [-0.1, -0.05) is 18.2 Å². The van der Waals surface area contributed by atoms with Gasteiger partial charge in [0.15, 0.2) is 0 Å². The first-order valence-corrected chi connectivity index (χ1v) is 4.45. The lowest BCUT2D eigenvalue weighted by Crippen LogP contribution is -2.09. The van der Waals surface area contributed by atoms with Crippen LogP contribution in [0, 0.1) is 0 Å². The summed E-state index contributed by atoms with van der Waals surface area (Å²) in [5, 5.41) is 0. The summed E-state index contributed by atoms with van der Waals surface area (Å²) >= 11 is 3.91. The molecule has 0 spiro atoms. The molecule has 0 radical (unpaired) electrons. The standard InChI is InChI=1S/C9H9F3S/c10-9(11,12)8-4-2-1-3-7(8)5-6-13/h1-4,13H,5-6H2. The van der Waals surface area contributed by atoms with E-state index in [-0.39, 0.29) is 0 Å². The van der Waals surface area contributed by atoms with Gasteiger partial charge in [0.25, 0.3) is 0 Å². The van der Waals surface area contributed by atoms with Gasteiger partial charge in [-0.25, -0.2) is 0 Å². The molecular weight excluding hydrogens is 197 g/mol. The number of benzene rings is 1. The summed E-state index contributed by atoms with van der Waals surface area (Å²) in [7, 11) is 0. The van der Waals surface area contributed by atoms with E-state index in [0.29, 0.717) is 17.7 Å². The Labute approximate surface area is 80.2 Å². The Morgan fingerprint density at radius 3 is 2.31 bits per heavy atom. The van der Waals surface area contributed by atoms with Crippen molar-refractivity contribution in [1.82, 2.24) is 0 Å². The van der Waals surface area contributed by atoms with Gasteiger partial charge < -0.3 is 0 Å². The largest absolute Gasteiger partial charge is 0.416 e. The van der Waals surface area contributed by atoms with E-state index in [4.69, 9.17) is 0 Å².